The molecular weight excluding hydrogens is 472 g/mol. The molecule has 0 heterocycles. The van der Waals surface area contributed by atoms with Crippen molar-refractivity contribution in [1.29, 1.82) is 5.26 Å². The molecule has 7 atom stereocenters. The van der Waals surface area contributed by atoms with Gasteiger partial charge in [-0.15, -0.1) is 0 Å². The van der Waals surface area contributed by atoms with Crippen molar-refractivity contribution in [3.05, 3.63) is 23.3 Å². The Bertz CT molecular complexity index is 1160. The van der Waals surface area contributed by atoms with Gasteiger partial charge in [-0.05, 0) is 84.5 Å². The van der Waals surface area contributed by atoms with Crippen LogP contribution in [0.3, 0.4) is 0 Å². The number of hydrogen-bond donors (Lipinski definition) is 2. The molecule has 0 aromatic carbocycles. The molecule has 0 spiro atoms. The first-order chi connectivity index (χ1) is 17.6. The third-order valence-electron chi connectivity index (χ3n) is 12.8. The number of nitrogens with one attached hydrogen (secondary N) is 1. The van der Waals surface area contributed by atoms with E-state index in [1.165, 1.54) is 12.0 Å². The highest BCUT2D eigenvalue weighted by molar-refractivity contribution is 6.04. The number of rotatable bonds is 4. The molecule has 0 aliphatic heterocycles. The van der Waals surface area contributed by atoms with E-state index in [1.54, 1.807) is 0 Å². The van der Waals surface area contributed by atoms with Gasteiger partial charge in [0.2, 0.25) is 0 Å². The average Bonchev–Trinajstić information content (AvgIpc) is 2.83. The van der Waals surface area contributed by atoms with Crippen molar-refractivity contribution in [2.45, 2.75) is 93.4 Å². The fraction of sp³-hybridized carbons (Fsp3) is 0.788. The van der Waals surface area contributed by atoms with Gasteiger partial charge in [0, 0.05) is 29.8 Å². The maximum atomic E-state index is 14.5. The van der Waals surface area contributed by atoms with E-state index in [1.807, 2.05) is 26.0 Å². The molecule has 0 amide bonds. The zero-order valence-corrected chi connectivity index (χ0v) is 24.7. The Morgan fingerprint density at radius 1 is 1.03 bits per heavy atom. The third-order valence-corrected chi connectivity index (χ3v) is 12.8. The number of nitrogens with zero attached hydrogens (tertiary/aromatic N) is 1. The minimum absolute atomic E-state index is 0.0294. The van der Waals surface area contributed by atoms with Crippen LogP contribution in [0.15, 0.2) is 23.3 Å². The summed E-state index contributed by atoms with van der Waals surface area (Å²) in [4.78, 5) is 27.7. The monoisotopic (exact) mass is 520 g/mol. The van der Waals surface area contributed by atoms with E-state index in [4.69, 9.17) is 0 Å². The number of Topliss-reactive ketones (excluding diaryl/α,β-unsaturated/α-hetero) is 1. The lowest BCUT2D eigenvalue weighted by Gasteiger charge is -2.69. The predicted molar refractivity (Wildman–Crippen MR) is 149 cm³/mol. The van der Waals surface area contributed by atoms with Crippen molar-refractivity contribution in [3.8, 4) is 6.07 Å². The van der Waals surface area contributed by atoms with Gasteiger partial charge < -0.3 is 10.4 Å². The van der Waals surface area contributed by atoms with Crippen molar-refractivity contribution >= 4 is 11.6 Å². The second-order valence-electron chi connectivity index (χ2n) is 15.5. The number of carbonyl (C=O) groups excluding carboxylic acids is 2. The molecule has 38 heavy (non-hydrogen) atoms. The van der Waals surface area contributed by atoms with Gasteiger partial charge in [-0.2, -0.15) is 5.26 Å². The van der Waals surface area contributed by atoms with Crippen molar-refractivity contribution < 1.29 is 14.7 Å². The van der Waals surface area contributed by atoms with Gasteiger partial charge in [0.05, 0.1) is 12.2 Å². The lowest BCUT2D eigenvalue weighted by Crippen LogP contribution is -2.65. The fourth-order valence-corrected chi connectivity index (χ4v) is 10.5. The lowest BCUT2D eigenvalue weighted by atomic mass is 9.34. The van der Waals surface area contributed by atoms with Crippen LogP contribution in [-0.2, 0) is 9.59 Å². The highest BCUT2D eigenvalue weighted by Crippen LogP contribution is 2.74. The van der Waals surface area contributed by atoms with Crippen LogP contribution in [0.25, 0.3) is 0 Å². The van der Waals surface area contributed by atoms with Crippen LogP contribution in [0.2, 0.25) is 0 Å². The average molecular weight is 521 g/mol. The fourth-order valence-electron chi connectivity index (χ4n) is 10.5. The highest BCUT2D eigenvalue weighted by Gasteiger charge is 2.69. The minimum Gasteiger partial charge on any atom is -0.395 e. The number of aliphatic hydroxyl groups excluding tert-OH is 1. The van der Waals surface area contributed by atoms with Crippen LogP contribution < -0.4 is 5.32 Å². The van der Waals surface area contributed by atoms with Crippen LogP contribution in [0.5, 0.6) is 0 Å². The molecule has 5 heteroatoms. The maximum absolute atomic E-state index is 14.5. The van der Waals surface area contributed by atoms with Gasteiger partial charge in [-0.3, -0.25) is 9.59 Å². The molecule has 5 rings (SSSR count). The molecule has 0 unspecified atom stereocenters. The Morgan fingerprint density at radius 2 is 1.71 bits per heavy atom. The summed E-state index contributed by atoms with van der Waals surface area (Å²) in [5.74, 6) is 0.556. The van der Waals surface area contributed by atoms with Crippen LogP contribution >= 0.6 is 0 Å². The number of nitriles is 1. The van der Waals surface area contributed by atoms with E-state index in [2.05, 4.69) is 46.0 Å². The first kappa shape index (κ1) is 27.8. The Labute approximate surface area is 229 Å². The SMILES string of the molecule is CC1(C)CC[C@]2(CNCCO)CC[C@]3(C)[C@H](C(=O)C=C4[C@@]5(C)C=C(C#N)C(=O)C(C)(C)[C@@H]5CC[C@]43C)[C@@H]2C1. The summed E-state index contributed by atoms with van der Waals surface area (Å²) in [6.07, 6.45) is 11.3. The largest absolute Gasteiger partial charge is 0.395 e. The first-order valence-electron chi connectivity index (χ1n) is 14.9. The summed E-state index contributed by atoms with van der Waals surface area (Å²) >= 11 is 0. The molecule has 3 fully saturated rings. The summed E-state index contributed by atoms with van der Waals surface area (Å²) in [6, 6.07) is 2.20. The second kappa shape index (κ2) is 8.61. The van der Waals surface area contributed by atoms with Gasteiger partial charge in [-0.25, -0.2) is 0 Å². The molecule has 3 saturated carbocycles. The van der Waals surface area contributed by atoms with Gasteiger partial charge >= 0.3 is 0 Å². The minimum atomic E-state index is -0.634. The zero-order chi connectivity index (χ0) is 27.9. The van der Waals surface area contributed by atoms with Crippen LogP contribution in [-0.4, -0.2) is 36.4 Å². The van der Waals surface area contributed by atoms with Crippen LogP contribution in [0, 0.1) is 61.6 Å². The van der Waals surface area contributed by atoms with Crippen molar-refractivity contribution in [3.63, 3.8) is 0 Å². The van der Waals surface area contributed by atoms with E-state index in [0.29, 0.717) is 12.5 Å². The quantitative estimate of drug-likeness (QED) is 0.458. The zero-order valence-electron chi connectivity index (χ0n) is 24.7. The molecule has 5 aliphatic carbocycles. The van der Waals surface area contributed by atoms with Crippen LogP contribution in [0.4, 0.5) is 0 Å². The van der Waals surface area contributed by atoms with Crippen LogP contribution in [0.1, 0.15) is 93.4 Å². The molecule has 0 aromatic heterocycles. The molecular formula is C33H48N2O3. The van der Waals surface area contributed by atoms with E-state index < -0.39 is 10.8 Å². The molecule has 5 nitrogen and oxygen atoms in total. The number of carbonyl (C=O) groups is 2. The van der Waals surface area contributed by atoms with E-state index in [0.717, 1.165) is 45.1 Å². The Kier molecular flexibility index (Phi) is 6.30. The number of allylic oxidation sites excluding steroid dienone is 4. The summed E-state index contributed by atoms with van der Waals surface area (Å²) in [5, 5.41) is 22.9. The summed E-state index contributed by atoms with van der Waals surface area (Å²) in [5.41, 5.74) is 0.248. The normalized spacial score (nSPS) is 45.0. The van der Waals surface area contributed by atoms with Crippen molar-refractivity contribution in [2.75, 3.05) is 19.7 Å². The maximum Gasteiger partial charge on any atom is 0.178 e. The molecule has 208 valence electrons. The molecule has 0 radical (unpaired) electrons. The number of fused-ring (bicyclic) bond motifs is 7. The van der Waals surface area contributed by atoms with Gasteiger partial charge in [-0.1, -0.05) is 60.1 Å². The standard InChI is InChI=1S/C33H48N2O3/c1-28(2)10-12-33(20-35-14-15-36)13-11-32(7)26(22(33)18-28)23(37)16-25-30(5)17-21(19-34)27(38)29(3,4)24(30)8-9-31(25,32)6/h16-17,22,24,26,35-36H,8-15,18,20H2,1-7H3/t22-,24-,26-,30-,31+,32+,33+/m0/s1. The summed E-state index contributed by atoms with van der Waals surface area (Å²) in [7, 11) is 0. The van der Waals surface area contributed by atoms with E-state index in [-0.39, 0.29) is 57.2 Å². The molecule has 0 aromatic rings. The molecule has 5 aliphatic rings. The summed E-state index contributed by atoms with van der Waals surface area (Å²) < 4.78 is 0. The number of hydrogen-bond acceptors (Lipinski definition) is 5. The highest BCUT2D eigenvalue weighted by atomic mass is 16.3. The summed E-state index contributed by atoms with van der Waals surface area (Å²) in [6.45, 7) is 17.3. The van der Waals surface area contributed by atoms with Gasteiger partial charge in [0.25, 0.3) is 0 Å². The Balaban J connectivity index is 1.65. The third kappa shape index (κ3) is 3.55. The molecule has 2 N–H and O–H groups in total. The Hall–Kier alpha value is -1.77. The van der Waals surface area contributed by atoms with Gasteiger partial charge in [0.15, 0.2) is 11.6 Å². The smallest absolute Gasteiger partial charge is 0.178 e. The molecule has 0 bridgehead atoms. The predicted octanol–water partition coefficient (Wildman–Crippen LogP) is 5.79. The number of ketones is 2. The first-order valence-corrected chi connectivity index (χ1v) is 14.9. The van der Waals surface area contributed by atoms with E-state index in [9.17, 15) is 20.0 Å². The molecule has 0 saturated heterocycles. The number of aliphatic hydroxyl groups is 1. The lowest BCUT2D eigenvalue weighted by molar-refractivity contribution is -0.170. The Morgan fingerprint density at radius 3 is 2.37 bits per heavy atom. The van der Waals surface area contributed by atoms with Gasteiger partial charge in [0.1, 0.15) is 6.07 Å². The van der Waals surface area contributed by atoms with Crippen molar-refractivity contribution in [2.24, 2.45) is 50.2 Å². The van der Waals surface area contributed by atoms with Crippen molar-refractivity contribution in [1.82, 2.24) is 5.32 Å². The second-order valence-corrected chi connectivity index (χ2v) is 15.5. The van der Waals surface area contributed by atoms with E-state index >= 15 is 0 Å². The topological polar surface area (TPSA) is 90.2 Å².